The van der Waals surface area contributed by atoms with E-state index in [1.54, 1.807) is 0 Å². The van der Waals surface area contributed by atoms with E-state index in [0.29, 0.717) is 18.4 Å². The third kappa shape index (κ3) is 6.21. The second-order valence-corrected chi connectivity index (χ2v) is 9.30. The van der Waals surface area contributed by atoms with Crippen LogP contribution >= 0.6 is 0 Å². The lowest BCUT2D eigenvalue weighted by Crippen LogP contribution is -2.49. The van der Waals surface area contributed by atoms with Crippen molar-refractivity contribution in [2.45, 2.75) is 96.7 Å². The highest BCUT2D eigenvalue weighted by Crippen LogP contribution is 2.29. The van der Waals surface area contributed by atoms with Crippen LogP contribution in [-0.4, -0.2) is 70.3 Å². The average molecular weight is 369 g/mol. The summed E-state index contributed by atoms with van der Waals surface area (Å²) in [7, 11) is 0. The van der Waals surface area contributed by atoms with Gasteiger partial charge in [-0.15, -0.1) is 0 Å². The summed E-state index contributed by atoms with van der Waals surface area (Å²) in [4.78, 5) is 17.2. The van der Waals surface area contributed by atoms with E-state index in [0.717, 1.165) is 45.3 Å². The molecule has 0 spiro atoms. The summed E-state index contributed by atoms with van der Waals surface area (Å²) in [5.41, 5.74) is -0.284. The number of hydrogen-bond donors (Lipinski definition) is 2. The lowest BCUT2D eigenvalue weighted by molar-refractivity contribution is -0.143. The summed E-state index contributed by atoms with van der Waals surface area (Å²) in [6.07, 6.45) is 9.40. The fourth-order valence-electron chi connectivity index (χ4n) is 4.09. The minimum absolute atomic E-state index is 0.122. The van der Waals surface area contributed by atoms with E-state index in [2.05, 4.69) is 9.80 Å². The van der Waals surface area contributed by atoms with Gasteiger partial charge < -0.3 is 15.1 Å². The number of unbranched alkanes of at least 4 members (excludes halogenated alkanes) is 3. The van der Waals surface area contributed by atoms with Crippen LogP contribution in [0.5, 0.6) is 0 Å². The molecular formula is C21H40N2O3. The van der Waals surface area contributed by atoms with Crippen molar-refractivity contribution in [1.29, 1.82) is 0 Å². The van der Waals surface area contributed by atoms with Crippen molar-refractivity contribution < 1.29 is 15.0 Å². The summed E-state index contributed by atoms with van der Waals surface area (Å²) in [6, 6.07) is 0.601. The molecule has 5 heteroatoms. The molecule has 2 N–H and O–H groups in total. The fraction of sp³-hybridized carbons (Fsp3) is 0.952. The molecule has 0 aromatic carbocycles. The Balaban J connectivity index is 1.64. The number of aliphatic hydroxyl groups is 2. The zero-order chi connectivity index (χ0) is 19.2. The van der Waals surface area contributed by atoms with Gasteiger partial charge in [0.1, 0.15) is 0 Å². The molecular weight excluding hydrogens is 328 g/mol. The number of likely N-dealkylation sites (tertiary alicyclic amines) is 1. The van der Waals surface area contributed by atoms with Gasteiger partial charge >= 0.3 is 0 Å². The number of carbonyl (C=O) groups excluding carboxylic acids is 1. The Labute approximate surface area is 159 Å². The molecule has 2 rings (SSSR count). The highest BCUT2D eigenvalue weighted by atomic mass is 16.3. The number of amides is 1. The van der Waals surface area contributed by atoms with Crippen LogP contribution in [0.15, 0.2) is 0 Å². The van der Waals surface area contributed by atoms with Crippen molar-refractivity contribution in [2.24, 2.45) is 5.41 Å². The van der Waals surface area contributed by atoms with E-state index < -0.39 is 0 Å². The predicted octanol–water partition coefficient (Wildman–Crippen LogP) is 2.79. The molecule has 1 saturated heterocycles. The number of aliphatic hydroxyl groups excluding tert-OH is 2. The summed E-state index contributed by atoms with van der Waals surface area (Å²) in [6.45, 7) is 9.00. The minimum atomic E-state index is -0.284. The number of rotatable bonds is 9. The molecule has 1 aliphatic carbocycles. The summed E-state index contributed by atoms with van der Waals surface area (Å²) >= 11 is 0. The first-order chi connectivity index (χ1) is 12.3. The lowest BCUT2D eigenvalue weighted by Gasteiger charge is -2.41. The van der Waals surface area contributed by atoms with E-state index in [4.69, 9.17) is 0 Å². The van der Waals surface area contributed by atoms with Gasteiger partial charge in [-0.05, 0) is 51.5 Å². The molecule has 1 aliphatic heterocycles. The number of nitrogens with zero attached hydrogens (tertiary/aromatic N) is 2. The monoisotopic (exact) mass is 368 g/mol. The smallest absolute Gasteiger partial charge is 0.228 e. The lowest BCUT2D eigenvalue weighted by atomic mass is 9.87. The Morgan fingerprint density at radius 3 is 2.38 bits per heavy atom. The summed E-state index contributed by atoms with van der Waals surface area (Å²) in [5.74, 6) is 0.305. The maximum absolute atomic E-state index is 12.7. The largest absolute Gasteiger partial charge is 0.395 e. The van der Waals surface area contributed by atoms with Crippen LogP contribution in [0.3, 0.4) is 0 Å². The molecule has 26 heavy (non-hydrogen) atoms. The van der Waals surface area contributed by atoms with E-state index in [9.17, 15) is 15.0 Å². The minimum Gasteiger partial charge on any atom is -0.395 e. The zero-order valence-corrected chi connectivity index (χ0v) is 17.1. The van der Waals surface area contributed by atoms with Crippen LogP contribution in [0.1, 0.15) is 78.6 Å². The summed E-state index contributed by atoms with van der Waals surface area (Å²) in [5, 5.41) is 19.2. The van der Waals surface area contributed by atoms with E-state index >= 15 is 0 Å². The highest BCUT2D eigenvalue weighted by Gasteiger charge is 2.34. The Hall–Kier alpha value is -0.650. The van der Waals surface area contributed by atoms with Gasteiger partial charge in [0.05, 0.1) is 12.7 Å². The van der Waals surface area contributed by atoms with E-state index in [1.807, 2.05) is 20.8 Å². The first-order valence-electron chi connectivity index (χ1n) is 10.7. The predicted molar refractivity (Wildman–Crippen MR) is 105 cm³/mol. The first-order valence-corrected chi connectivity index (χ1v) is 10.7. The van der Waals surface area contributed by atoms with Crippen molar-refractivity contribution in [3.63, 3.8) is 0 Å². The van der Waals surface area contributed by atoms with Gasteiger partial charge in [-0.1, -0.05) is 33.6 Å². The molecule has 0 bridgehead atoms. The van der Waals surface area contributed by atoms with Crippen LogP contribution in [0, 0.1) is 5.41 Å². The van der Waals surface area contributed by atoms with Crippen molar-refractivity contribution >= 4 is 5.91 Å². The summed E-state index contributed by atoms with van der Waals surface area (Å²) < 4.78 is 0. The Morgan fingerprint density at radius 1 is 1.12 bits per heavy atom. The molecule has 2 aliphatic rings. The maximum atomic E-state index is 12.7. The molecule has 1 heterocycles. The average Bonchev–Trinajstić information content (AvgIpc) is 2.54. The zero-order valence-electron chi connectivity index (χ0n) is 17.1. The molecule has 2 atom stereocenters. The van der Waals surface area contributed by atoms with Gasteiger partial charge in [0.2, 0.25) is 5.91 Å². The molecule has 2 fully saturated rings. The molecule has 5 nitrogen and oxygen atoms in total. The standard InChI is InChI=1S/C21H40N2O3/c1-21(2,3)20(26)23(17-9-8-10-17)13-7-5-4-6-12-22-14-11-19(25)15-18(22)16-24/h17-19,24-25H,4-16H2,1-3H3. The second-order valence-electron chi connectivity index (χ2n) is 9.30. The SMILES string of the molecule is CC(C)(C)C(=O)N(CCCCCCN1CCC(O)CC1CO)C1CCC1. The number of hydrogen-bond acceptors (Lipinski definition) is 4. The quantitative estimate of drug-likeness (QED) is 0.614. The normalized spacial score (nSPS) is 25.1. The van der Waals surface area contributed by atoms with Gasteiger partial charge in [-0.2, -0.15) is 0 Å². The van der Waals surface area contributed by atoms with Crippen LogP contribution < -0.4 is 0 Å². The Morgan fingerprint density at radius 2 is 1.81 bits per heavy atom. The third-order valence-corrected chi connectivity index (χ3v) is 6.03. The second kappa shape index (κ2) is 10.0. The van der Waals surface area contributed by atoms with Gasteiger partial charge in [-0.25, -0.2) is 0 Å². The third-order valence-electron chi connectivity index (χ3n) is 6.03. The number of piperidine rings is 1. The van der Waals surface area contributed by atoms with Crippen molar-refractivity contribution in [3.8, 4) is 0 Å². The van der Waals surface area contributed by atoms with Gasteiger partial charge in [0, 0.05) is 30.6 Å². The molecule has 152 valence electrons. The fourth-order valence-corrected chi connectivity index (χ4v) is 4.09. The number of carbonyl (C=O) groups is 1. The van der Waals surface area contributed by atoms with Crippen LogP contribution in [0.4, 0.5) is 0 Å². The molecule has 0 aromatic heterocycles. The Kier molecular flexibility index (Phi) is 8.37. The first kappa shape index (κ1) is 21.6. The van der Waals surface area contributed by atoms with Crippen molar-refractivity contribution in [1.82, 2.24) is 9.80 Å². The highest BCUT2D eigenvalue weighted by molar-refractivity contribution is 5.81. The van der Waals surface area contributed by atoms with Gasteiger partial charge in [0.25, 0.3) is 0 Å². The van der Waals surface area contributed by atoms with Crippen LogP contribution in [0.25, 0.3) is 0 Å². The molecule has 0 radical (unpaired) electrons. The molecule has 2 unspecified atom stereocenters. The topological polar surface area (TPSA) is 64.0 Å². The van der Waals surface area contributed by atoms with Gasteiger partial charge in [-0.3, -0.25) is 9.69 Å². The maximum Gasteiger partial charge on any atom is 0.228 e. The van der Waals surface area contributed by atoms with Crippen LogP contribution in [0.2, 0.25) is 0 Å². The van der Waals surface area contributed by atoms with E-state index in [1.165, 1.54) is 25.7 Å². The molecule has 1 saturated carbocycles. The Bertz CT molecular complexity index is 431. The van der Waals surface area contributed by atoms with E-state index in [-0.39, 0.29) is 24.2 Å². The molecule has 1 amide bonds. The van der Waals surface area contributed by atoms with Crippen molar-refractivity contribution in [2.75, 3.05) is 26.2 Å². The van der Waals surface area contributed by atoms with Gasteiger partial charge in [0.15, 0.2) is 0 Å². The van der Waals surface area contributed by atoms with Crippen LogP contribution in [-0.2, 0) is 4.79 Å². The molecule has 0 aromatic rings. The van der Waals surface area contributed by atoms with Crippen molar-refractivity contribution in [3.05, 3.63) is 0 Å².